The summed E-state index contributed by atoms with van der Waals surface area (Å²) in [5.41, 5.74) is 0.807. The maximum Gasteiger partial charge on any atom is 0.344 e. The number of halogens is 1. The number of carbonyl (C=O) groups excluding carboxylic acids is 1. The first kappa shape index (κ1) is 22.0. The largest absolute Gasteiger partial charge is 0.477 e. The van der Waals surface area contributed by atoms with Crippen molar-refractivity contribution in [1.82, 2.24) is 14.6 Å². The van der Waals surface area contributed by atoms with Crippen LogP contribution >= 0.6 is 11.5 Å². The Morgan fingerprint density at radius 3 is 2.93 bits per heavy atom. The van der Waals surface area contributed by atoms with Crippen molar-refractivity contribution in [3.63, 3.8) is 0 Å². The van der Waals surface area contributed by atoms with Gasteiger partial charge < -0.3 is 15.2 Å². The van der Waals surface area contributed by atoms with Crippen molar-refractivity contribution in [2.24, 2.45) is 0 Å². The normalized spacial score (nSPS) is 16.4. The monoisotopic (exact) mass is 436 g/mol. The SMILES string of the molecule is CCN1CCCC1CNC(=O)Nc1snc(OCc2ccc(C)cc2F)c1C(=O)O. The Morgan fingerprint density at radius 2 is 2.23 bits per heavy atom. The molecule has 1 atom stereocenters. The maximum absolute atomic E-state index is 14.0. The number of ether oxygens (including phenoxy) is 1. The van der Waals surface area contributed by atoms with E-state index in [1.165, 1.54) is 6.07 Å². The number of carbonyl (C=O) groups is 2. The van der Waals surface area contributed by atoms with Crippen LogP contribution in [0.25, 0.3) is 0 Å². The zero-order chi connectivity index (χ0) is 21.7. The van der Waals surface area contributed by atoms with E-state index in [1.54, 1.807) is 19.1 Å². The van der Waals surface area contributed by atoms with Crippen molar-refractivity contribution in [3.8, 4) is 5.88 Å². The predicted octanol–water partition coefficient (Wildman–Crippen LogP) is 3.47. The first-order chi connectivity index (χ1) is 14.4. The number of urea groups is 1. The van der Waals surface area contributed by atoms with Gasteiger partial charge in [-0.2, -0.15) is 4.37 Å². The summed E-state index contributed by atoms with van der Waals surface area (Å²) in [5.74, 6) is -1.88. The van der Waals surface area contributed by atoms with Crippen LogP contribution in [0.4, 0.5) is 14.2 Å². The van der Waals surface area contributed by atoms with E-state index in [0.29, 0.717) is 6.54 Å². The van der Waals surface area contributed by atoms with Gasteiger partial charge in [0, 0.05) is 18.2 Å². The number of aryl methyl sites for hydroxylation is 1. The molecule has 0 bridgehead atoms. The molecule has 0 saturated carbocycles. The summed E-state index contributed by atoms with van der Waals surface area (Å²) in [6.07, 6.45) is 2.12. The zero-order valence-electron chi connectivity index (χ0n) is 16.9. The van der Waals surface area contributed by atoms with Gasteiger partial charge in [0.05, 0.1) is 0 Å². The van der Waals surface area contributed by atoms with Crippen LogP contribution in [0.3, 0.4) is 0 Å². The number of amides is 2. The summed E-state index contributed by atoms with van der Waals surface area (Å²) in [7, 11) is 0. The molecule has 1 aliphatic heterocycles. The highest BCUT2D eigenvalue weighted by molar-refractivity contribution is 7.11. The van der Waals surface area contributed by atoms with Crippen LogP contribution in [0.15, 0.2) is 18.2 Å². The van der Waals surface area contributed by atoms with Crippen LogP contribution < -0.4 is 15.4 Å². The van der Waals surface area contributed by atoms with Gasteiger partial charge >= 0.3 is 12.0 Å². The van der Waals surface area contributed by atoms with Crippen molar-refractivity contribution in [2.75, 3.05) is 25.0 Å². The summed E-state index contributed by atoms with van der Waals surface area (Å²) in [4.78, 5) is 26.2. The van der Waals surface area contributed by atoms with Gasteiger partial charge in [0.15, 0.2) is 5.56 Å². The van der Waals surface area contributed by atoms with Crippen LogP contribution in [0, 0.1) is 12.7 Å². The molecule has 30 heavy (non-hydrogen) atoms. The van der Waals surface area contributed by atoms with Gasteiger partial charge in [0.2, 0.25) is 5.88 Å². The molecule has 0 radical (unpaired) electrons. The Morgan fingerprint density at radius 1 is 1.43 bits per heavy atom. The fraction of sp³-hybridized carbons (Fsp3) is 0.450. The highest BCUT2D eigenvalue weighted by Crippen LogP contribution is 2.31. The van der Waals surface area contributed by atoms with Crippen molar-refractivity contribution < 1.29 is 23.8 Å². The fourth-order valence-corrected chi connectivity index (χ4v) is 4.19. The van der Waals surface area contributed by atoms with Crippen molar-refractivity contribution in [1.29, 1.82) is 0 Å². The second-order valence-electron chi connectivity index (χ2n) is 7.14. The topological polar surface area (TPSA) is 104 Å². The minimum Gasteiger partial charge on any atom is -0.477 e. The molecule has 2 aromatic rings. The third-order valence-electron chi connectivity index (χ3n) is 5.08. The van der Waals surface area contributed by atoms with Crippen LogP contribution in [0.5, 0.6) is 5.88 Å². The summed E-state index contributed by atoms with van der Waals surface area (Å²) < 4.78 is 23.4. The molecular formula is C20H25FN4O4S. The Hall–Kier alpha value is -2.72. The average molecular weight is 437 g/mol. The van der Waals surface area contributed by atoms with Gasteiger partial charge in [-0.05, 0) is 56.0 Å². The maximum atomic E-state index is 14.0. The molecule has 0 spiro atoms. The minimum atomic E-state index is -1.29. The van der Waals surface area contributed by atoms with E-state index in [2.05, 4.69) is 26.8 Å². The Labute approximate surface area is 178 Å². The molecule has 1 aromatic heterocycles. The standard InChI is InChI=1S/C20H25FN4O4S/c1-3-25-8-4-5-14(25)10-22-20(28)23-18-16(19(26)27)17(24-30-18)29-11-13-7-6-12(2)9-15(13)21/h6-7,9,14H,3-5,8,10-11H2,1-2H3,(H,26,27)(H2,22,23,28). The predicted molar refractivity (Wildman–Crippen MR) is 112 cm³/mol. The molecule has 10 heteroatoms. The van der Waals surface area contributed by atoms with E-state index in [-0.39, 0.29) is 34.7 Å². The number of nitrogens with one attached hydrogen (secondary N) is 2. The molecule has 1 aliphatic rings. The lowest BCUT2D eigenvalue weighted by Gasteiger charge is -2.22. The number of likely N-dealkylation sites (N-methyl/N-ethyl adjacent to an activating group) is 1. The Balaban J connectivity index is 1.62. The Bertz CT molecular complexity index is 920. The van der Waals surface area contributed by atoms with E-state index in [0.717, 1.165) is 43.0 Å². The van der Waals surface area contributed by atoms with Gasteiger partial charge in [-0.25, -0.2) is 14.0 Å². The molecule has 162 valence electrons. The van der Waals surface area contributed by atoms with E-state index in [9.17, 15) is 19.1 Å². The van der Waals surface area contributed by atoms with E-state index < -0.39 is 17.8 Å². The number of carboxylic acids is 1. The number of likely N-dealkylation sites (tertiary alicyclic amines) is 1. The summed E-state index contributed by atoms with van der Waals surface area (Å²) >= 11 is 0.806. The molecule has 1 unspecified atom stereocenters. The number of rotatable bonds is 8. The van der Waals surface area contributed by atoms with Crippen molar-refractivity contribution in [2.45, 2.75) is 39.3 Å². The second-order valence-corrected chi connectivity index (χ2v) is 7.91. The lowest BCUT2D eigenvalue weighted by atomic mass is 10.1. The van der Waals surface area contributed by atoms with Gasteiger partial charge in [0.25, 0.3) is 0 Å². The lowest BCUT2D eigenvalue weighted by molar-refractivity contribution is 0.0693. The number of aromatic carboxylic acids is 1. The van der Waals surface area contributed by atoms with Gasteiger partial charge in [-0.1, -0.05) is 19.1 Å². The molecule has 2 heterocycles. The number of benzene rings is 1. The molecule has 0 aliphatic carbocycles. The summed E-state index contributed by atoms with van der Waals surface area (Å²) in [5, 5.41) is 14.9. The average Bonchev–Trinajstić information content (AvgIpc) is 3.32. The number of hydrogen-bond acceptors (Lipinski definition) is 6. The molecule has 1 aromatic carbocycles. The second kappa shape index (κ2) is 9.86. The molecule has 3 rings (SSSR count). The van der Waals surface area contributed by atoms with Gasteiger partial charge in [0.1, 0.15) is 17.4 Å². The fourth-order valence-electron chi connectivity index (χ4n) is 3.46. The first-order valence-electron chi connectivity index (χ1n) is 9.78. The smallest absolute Gasteiger partial charge is 0.344 e. The third-order valence-corrected chi connectivity index (χ3v) is 5.82. The van der Waals surface area contributed by atoms with Crippen molar-refractivity contribution in [3.05, 3.63) is 40.7 Å². The van der Waals surface area contributed by atoms with Crippen LogP contribution in [-0.2, 0) is 6.61 Å². The number of aromatic nitrogens is 1. The molecule has 2 amide bonds. The van der Waals surface area contributed by atoms with Gasteiger partial charge in [-0.15, -0.1) is 0 Å². The molecule has 1 saturated heterocycles. The number of carboxylic acid groups (broad SMARTS) is 1. The minimum absolute atomic E-state index is 0.0677. The van der Waals surface area contributed by atoms with Crippen LogP contribution in [-0.4, -0.2) is 52.1 Å². The first-order valence-corrected chi connectivity index (χ1v) is 10.6. The van der Waals surface area contributed by atoms with E-state index >= 15 is 0 Å². The molecule has 8 nitrogen and oxygen atoms in total. The van der Waals surface area contributed by atoms with Crippen LogP contribution in [0.2, 0.25) is 0 Å². The summed E-state index contributed by atoms with van der Waals surface area (Å²) in [6.45, 7) is 6.11. The third kappa shape index (κ3) is 5.25. The number of anilines is 1. The molecule has 3 N–H and O–H groups in total. The van der Waals surface area contributed by atoms with Crippen LogP contribution in [0.1, 0.15) is 41.3 Å². The summed E-state index contributed by atoms with van der Waals surface area (Å²) in [6, 6.07) is 4.47. The van der Waals surface area contributed by atoms with Gasteiger partial charge in [-0.3, -0.25) is 10.2 Å². The van der Waals surface area contributed by atoms with E-state index in [1.807, 2.05) is 0 Å². The number of nitrogens with zero attached hydrogens (tertiary/aromatic N) is 2. The zero-order valence-corrected chi connectivity index (χ0v) is 17.7. The Kier molecular flexibility index (Phi) is 7.22. The highest BCUT2D eigenvalue weighted by Gasteiger charge is 2.26. The number of hydrogen-bond donors (Lipinski definition) is 3. The lowest BCUT2D eigenvalue weighted by Crippen LogP contribution is -2.41. The molecule has 1 fully saturated rings. The highest BCUT2D eigenvalue weighted by atomic mass is 32.1. The van der Waals surface area contributed by atoms with Crippen molar-refractivity contribution >= 4 is 28.5 Å². The van der Waals surface area contributed by atoms with E-state index in [4.69, 9.17) is 4.74 Å². The quantitative estimate of drug-likeness (QED) is 0.585. The molecular weight excluding hydrogens is 411 g/mol.